The molecule has 1 fully saturated rings. The number of nitrogens with two attached hydrogens (primary N) is 1. The number of H-pyrrole nitrogens is 1. The number of guanidine groups is 1. The van der Waals surface area contributed by atoms with E-state index in [0.29, 0.717) is 12.5 Å². The Kier molecular flexibility index (Phi) is 4.08. The highest BCUT2D eigenvalue weighted by atomic mass is 15.3. The number of rotatable bonds is 3. The number of nitrogens with zero attached hydrogens (tertiary/aromatic N) is 3. The van der Waals surface area contributed by atoms with Crippen molar-refractivity contribution in [3.63, 3.8) is 0 Å². The molecule has 2 aromatic rings. The summed E-state index contributed by atoms with van der Waals surface area (Å²) in [4.78, 5) is 14.6. The fourth-order valence-corrected chi connectivity index (χ4v) is 2.74. The number of aromatic amines is 1. The topological polar surface area (TPSA) is 70.3 Å². The Bertz CT molecular complexity index is 589. The summed E-state index contributed by atoms with van der Waals surface area (Å²) in [7, 11) is 0. The minimum absolute atomic E-state index is 0.678. The zero-order valence-electron chi connectivity index (χ0n) is 12.5. The molecule has 1 aliphatic heterocycles. The van der Waals surface area contributed by atoms with Crippen LogP contribution < -0.4 is 5.73 Å². The van der Waals surface area contributed by atoms with Gasteiger partial charge in [0.25, 0.3) is 0 Å². The zero-order chi connectivity index (χ0) is 14.7. The van der Waals surface area contributed by atoms with Crippen LogP contribution in [0.3, 0.4) is 0 Å². The molecule has 112 valence electrons. The first kappa shape index (κ1) is 13.9. The van der Waals surface area contributed by atoms with E-state index in [2.05, 4.69) is 26.8 Å². The first-order valence-corrected chi connectivity index (χ1v) is 7.71. The van der Waals surface area contributed by atoms with E-state index >= 15 is 0 Å². The van der Waals surface area contributed by atoms with Crippen molar-refractivity contribution in [1.82, 2.24) is 14.9 Å². The Morgan fingerprint density at radius 2 is 2.14 bits per heavy atom. The summed E-state index contributed by atoms with van der Waals surface area (Å²) in [6, 6.07) is 8.07. The van der Waals surface area contributed by atoms with Crippen LogP contribution in [-0.2, 0) is 6.42 Å². The minimum Gasteiger partial charge on any atom is -0.370 e. The Balaban J connectivity index is 1.56. The normalized spacial score (nSPS) is 17.6. The number of likely N-dealkylation sites (tertiary alicyclic amines) is 1. The van der Waals surface area contributed by atoms with Gasteiger partial charge in [0.15, 0.2) is 5.96 Å². The molecule has 1 saturated heterocycles. The van der Waals surface area contributed by atoms with Crippen LogP contribution in [0.4, 0.5) is 0 Å². The van der Waals surface area contributed by atoms with Crippen LogP contribution in [-0.4, -0.2) is 40.5 Å². The molecule has 1 aromatic heterocycles. The molecule has 0 atom stereocenters. The van der Waals surface area contributed by atoms with Gasteiger partial charge < -0.3 is 15.6 Å². The van der Waals surface area contributed by atoms with Gasteiger partial charge >= 0.3 is 0 Å². The van der Waals surface area contributed by atoms with Crippen LogP contribution in [0.2, 0.25) is 0 Å². The second-order valence-electron chi connectivity index (χ2n) is 5.86. The van der Waals surface area contributed by atoms with Crippen molar-refractivity contribution in [2.24, 2.45) is 16.6 Å². The first-order valence-electron chi connectivity index (χ1n) is 7.71. The number of aliphatic imine (C=N–C) groups is 1. The van der Waals surface area contributed by atoms with E-state index in [-0.39, 0.29) is 0 Å². The van der Waals surface area contributed by atoms with E-state index < -0.39 is 0 Å². The van der Waals surface area contributed by atoms with Gasteiger partial charge in [0.05, 0.1) is 11.0 Å². The lowest BCUT2D eigenvalue weighted by atomic mass is 10.00. The molecule has 0 aliphatic carbocycles. The zero-order valence-corrected chi connectivity index (χ0v) is 12.5. The number of para-hydroxylation sites is 2. The molecule has 2 heterocycles. The highest BCUT2D eigenvalue weighted by Gasteiger charge is 2.16. The van der Waals surface area contributed by atoms with Gasteiger partial charge in [-0.3, -0.25) is 4.99 Å². The minimum atomic E-state index is 0.678. The van der Waals surface area contributed by atoms with E-state index in [1.807, 2.05) is 24.3 Å². The average Bonchev–Trinajstić information content (AvgIpc) is 2.90. The highest BCUT2D eigenvalue weighted by Crippen LogP contribution is 2.15. The summed E-state index contributed by atoms with van der Waals surface area (Å²) in [5.74, 6) is 2.46. The quantitative estimate of drug-likeness (QED) is 0.670. The van der Waals surface area contributed by atoms with Crippen molar-refractivity contribution in [2.75, 3.05) is 19.6 Å². The van der Waals surface area contributed by atoms with E-state index in [1.165, 1.54) is 12.8 Å². The van der Waals surface area contributed by atoms with Gasteiger partial charge in [-0.2, -0.15) is 0 Å². The van der Waals surface area contributed by atoms with Gasteiger partial charge in [0.2, 0.25) is 0 Å². The van der Waals surface area contributed by atoms with Crippen LogP contribution in [0.25, 0.3) is 11.0 Å². The molecule has 5 heteroatoms. The summed E-state index contributed by atoms with van der Waals surface area (Å²) < 4.78 is 0. The molecule has 0 bridgehead atoms. The fraction of sp³-hybridized carbons (Fsp3) is 0.500. The standard InChI is InChI=1S/C16H23N5/c1-12-7-10-21(11-8-12)16(17)18-9-6-15-19-13-4-2-3-5-14(13)20-15/h2-5,12H,6-11H2,1H3,(H2,17,18)(H,19,20). The number of hydrogen-bond donors (Lipinski definition) is 2. The smallest absolute Gasteiger partial charge is 0.191 e. The molecule has 0 radical (unpaired) electrons. The number of imidazole rings is 1. The average molecular weight is 285 g/mol. The molecule has 1 aliphatic rings. The SMILES string of the molecule is CC1CCN(C(N)=NCCc2nc3ccccc3[nH]2)CC1. The summed E-state index contributed by atoms with van der Waals surface area (Å²) in [6.07, 6.45) is 3.21. The molecule has 0 unspecified atom stereocenters. The number of nitrogens with one attached hydrogen (secondary N) is 1. The molecule has 0 spiro atoms. The van der Waals surface area contributed by atoms with Gasteiger partial charge in [-0.1, -0.05) is 19.1 Å². The van der Waals surface area contributed by atoms with E-state index in [9.17, 15) is 0 Å². The third-order valence-electron chi connectivity index (χ3n) is 4.17. The number of fused-ring (bicyclic) bond motifs is 1. The van der Waals surface area contributed by atoms with Crippen LogP contribution in [0.1, 0.15) is 25.6 Å². The number of aromatic nitrogens is 2. The van der Waals surface area contributed by atoms with Gasteiger partial charge in [-0.25, -0.2) is 4.98 Å². The van der Waals surface area contributed by atoms with E-state index in [0.717, 1.165) is 42.3 Å². The second kappa shape index (κ2) is 6.16. The first-order chi connectivity index (χ1) is 10.2. The maximum absolute atomic E-state index is 6.08. The maximum atomic E-state index is 6.08. The lowest BCUT2D eigenvalue weighted by Crippen LogP contribution is -2.42. The van der Waals surface area contributed by atoms with Crippen LogP contribution in [0.15, 0.2) is 29.3 Å². The van der Waals surface area contributed by atoms with Crippen molar-refractivity contribution >= 4 is 17.0 Å². The monoisotopic (exact) mass is 285 g/mol. The third-order valence-corrected chi connectivity index (χ3v) is 4.17. The molecular weight excluding hydrogens is 262 g/mol. The lowest BCUT2D eigenvalue weighted by molar-refractivity contribution is 0.277. The number of hydrogen-bond acceptors (Lipinski definition) is 2. The molecule has 1 aromatic carbocycles. The second-order valence-corrected chi connectivity index (χ2v) is 5.86. The van der Waals surface area contributed by atoms with Crippen LogP contribution >= 0.6 is 0 Å². The highest BCUT2D eigenvalue weighted by molar-refractivity contribution is 5.78. The summed E-state index contributed by atoms with van der Waals surface area (Å²) >= 11 is 0. The van der Waals surface area contributed by atoms with E-state index in [1.54, 1.807) is 0 Å². The molecule has 0 amide bonds. The Labute approximate surface area is 125 Å². The van der Waals surface area contributed by atoms with Gasteiger partial charge in [-0.15, -0.1) is 0 Å². The van der Waals surface area contributed by atoms with E-state index in [4.69, 9.17) is 5.73 Å². The largest absolute Gasteiger partial charge is 0.370 e. The molecule has 5 nitrogen and oxygen atoms in total. The van der Waals surface area contributed by atoms with Crippen molar-refractivity contribution in [1.29, 1.82) is 0 Å². The fourth-order valence-electron chi connectivity index (χ4n) is 2.74. The summed E-state index contributed by atoms with van der Waals surface area (Å²) in [6.45, 7) is 5.03. The number of piperidine rings is 1. The molecule has 3 rings (SSSR count). The molecule has 0 saturated carbocycles. The van der Waals surface area contributed by atoms with Crippen molar-refractivity contribution < 1.29 is 0 Å². The summed E-state index contributed by atoms with van der Waals surface area (Å²) in [5.41, 5.74) is 8.17. The van der Waals surface area contributed by atoms with Gasteiger partial charge in [0.1, 0.15) is 5.82 Å². The predicted octanol–water partition coefficient (Wildman–Crippen LogP) is 2.15. The molecular formula is C16H23N5. The van der Waals surface area contributed by atoms with Gasteiger partial charge in [0, 0.05) is 26.1 Å². The van der Waals surface area contributed by atoms with Crippen molar-refractivity contribution in [3.8, 4) is 0 Å². The Hall–Kier alpha value is -2.04. The Morgan fingerprint density at radius 1 is 1.38 bits per heavy atom. The molecule has 21 heavy (non-hydrogen) atoms. The third kappa shape index (κ3) is 3.35. The molecule has 3 N–H and O–H groups in total. The van der Waals surface area contributed by atoms with Gasteiger partial charge in [-0.05, 0) is 30.9 Å². The van der Waals surface area contributed by atoms with Crippen molar-refractivity contribution in [2.45, 2.75) is 26.2 Å². The number of benzene rings is 1. The van der Waals surface area contributed by atoms with Crippen LogP contribution in [0.5, 0.6) is 0 Å². The Morgan fingerprint density at radius 3 is 2.90 bits per heavy atom. The van der Waals surface area contributed by atoms with Crippen molar-refractivity contribution in [3.05, 3.63) is 30.1 Å². The predicted molar refractivity (Wildman–Crippen MR) is 86.3 cm³/mol. The maximum Gasteiger partial charge on any atom is 0.191 e. The lowest BCUT2D eigenvalue weighted by Gasteiger charge is -2.31. The van der Waals surface area contributed by atoms with Crippen LogP contribution in [0, 0.1) is 5.92 Å². The summed E-state index contributed by atoms with van der Waals surface area (Å²) in [5, 5.41) is 0.